The highest BCUT2D eigenvalue weighted by Crippen LogP contribution is 2.28. The first kappa shape index (κ1) is 15.6. The van der Waals surface area contributed by atoms with Gasteiger partial charge < -0.3 is 10.6 Å². The molecule has 3 rings (SSSR count). The fourth-order valence-corrected chi connectivity index (χ4v) is 3.06. The maximum atomic E-state index is 12.2. The van der Waals surface area contributed by atoms with E-state index in [1.807, 2.05) is 6.07 Å². The minimum Gasteiger partial charge on any atom is -0.322 e. The topological polar surface area (TPSA) is 94.9 Å². The van der Waals surface area contributed by atoms with Gasteiger partial charge in [0.25, 0.3) is 5.91 Å². The van der Waals surface area contributed by atoms with E-state index in [2.05, 4.69) is 15.6 Å². The van der Waals surface area contributed by atoms with Gasteiger partial charge in [0.1, 0.15) is 0 Å². The number of carbonyl (C=O) groups is 2. The average molecular weight is 336 g/mol. The number of nitriles is 1. The highest BCUT2D eigenvalue weighted by atomic mass is 32.1. The summed E-state index contributed by atoms with van der Waals surface area (Å²) in [6.45, 7) is 1.43. The van der Waals surface area contributed by atoms with E-state index in [-0.39, 0.29) is 11.8 Å². The Hall–Kier alpha value is -3.24. The predicted octanol–water partition coefficient (Wildman–Crippen LogP) is 3.38. The van der Waals surface area contributed by atoms with Gasteiger partial charge in [0.05, 0.1) is 21.8 Å². The number of nitrogens with one attached hydrogen (secondary N) is 2. The van der Waals surface area contributed by atoms with Crippen LogP contribution in [-0.2, 0) is 4.79 Å². The third kappa shape index (κ3) is 3.39. The molecule has 0 spiro atoms. The van der Waals surface area contributed by atoms with Crippen LogP contribution in [0.3, 0.4) is 0 Å². The van der Waals surface area contributed by atoms with Crippen molar-refractivity contribution in [3.8, 4) is 6.07 Å². The monoisotopic (exact) mass is 336 g/mol. The van der Waals surface area contributed by atoms with Crippen LogP contribution < -0.4 is 10.6 Å². The molecule has 3 aromatic rings. The normalized spacial score (nSPS) is 10.2. The lowest BCUT2D eigenvalue weighted by Crippen LogP contribution is -2.11. The second-order valence-corrected chi connectivity index (χ2v) is 6.06. The molecule has 2 amide bonds. The van der Waals surface area contributed by atoms with E-state index >= 15 is 0 Å². The van der Waals surface area contributed by atoms with Gasteiger partial charge in [-0.15, -0.1) is 0 Å². The van der Waals surface area contributed by atoms with Crippen LogP contribution in [0.4, 0.5) is 10.8 Å². The number of hydrogen-bond donors (Lipinski definition) is 2. The molecule has 24 heavy (non-hydrogen) atoms. The highest BCUT2D eigenvalue weighted by molar-refractivity contribution is 7.22. The van der Waals surface area contributed by atoms with Gasteiger partial charge in [0.15, 0.2) is 5.13 Å². The Balaban J connectivity index is 1.80. The molecule has 0 atom stereocenters. The average Bonchev–Trinajstić information content (AvgIpc) is 2.95. The van der Waals surface area contributed by atoms with Crippen molar-refractivity contribution in [2.45, 2.75) is 6.92 Å². The first-order chi connectivity index (χ1) is 11.5. The minimum atomic E-state index is -0.259. The zero-order valence-electron chi connectivity index (χ0n) is 12.7. The van der Waals surface area contributed by atoms with Gasteiger partial charge in [-0.25, -0.2) is 4.98 Å². The van der Waals surface area contributed by atoms with E-state index in [1.165, 1.54) is 18.3 Å². The summed E-state index contributed by atoms with van der Waals surface area (Å²) in [6, 6.07) is 13.8. The molecular weight excluding hydrogens is 324 g/mol. The summed E-state index contributed by atoms with van der Waals surface area (Å²) in [7, 11) is 0. The second kappa shape index (κ2) is 6.48. The molecule has 118 valence electrons. The molecule has 0 aliphatic heterocycles. The Morgan fingerprint density at radius 1 is 1.12 bits per heavy atom. The van der Waals surface area contributed by atoms with Crippen molar-refractivity contribution in [2.24, 2.45) is 0 Å². The lowest BCUT2D eigenvalue weighted by atomic mass is 10.1. The summed E-state index contributed by atoms with van der Waals surface area (Å²) in [5, 5.41) is 14.8. The Morgan fingerprint density at radius 3 is 2.54 bits per heavy atom. The summed E-state index contributed by atoms with van der Waals surface area (Å²) in [4.78, 5) is 27.6. The number of amides is 2. The standard InChI is InChI=1S/C17H12N4O2S/c1-10(22)19-17-21-14-7-6-13(8-15(14)24-17)20-16(23)12-4-2-11(9-18)3-5-12/h2-8H,1H3,(H,20,23)(H,19,21,22). The smallest absolute Gasteiger partial charge is 0.255 e. The summed E-state index contributed by atoms with van der Waals surface area (Å²) < 4.78 is 0.858. The van der Waals surface area contributed by atoms with Gasteiger partial charge in [-0.3, -0.25) is 9.59 Å². The van der Waals surface area contributed by atoms with Crippen molar-refractivity contribution in [1.82, 2.24) is 4.98 Å². The number of benzene rings is 2. The first-order valence-corrected chi connectivity index (χ1v) is 7.86. The Labute approximate surface area is 141 Å². The van der Waals surface area contributed by atoms with E-state index < -0.39 is 0 Å². The molecule has 0 aliphatic rings. The van der Waals surface area contributed by atoms with Crippen molar-refractivity contribution in [3.63, 3.8) is 0 Å². The molecule has 1 heterocycles. The van der Waals surface area contributed by atoms with E-state index in [0.717, 1.165) is 10.2 Å². The van der Waals surface area contributed by atoms with Crippen LogP contribution in [0.1, 0.15) is 22.8 Å². The maximum absolute atomic E-state index is 12.2. The molecule has 7 heteroatoms. The number of thiazole rings is 1. The summed E-state index contributed by atoms with van der Waals surface area (Å²) in [6.07, 6.45) is 0. The third-order valence-corrected chi connectivity index (χ3v) is 4.14. The zero-order valence-corrected chi connectivity index (χ0v) is 13.5. The van der Waals surface area contributed by atoms with Gasteiger partial charge in [-0.1, -0.05) is 11.3 Å². The van der Waals surface area contributed by atoms with Crippen LogP contribution in [0.5, 0.6) is 0 Å². The maximum Gasteiger partial charge on any atom is 0.255 e. The van der Waals surface area contributed by atoms with Gasteiger partial charge >= 0.3 is 0 Å². The number of aromatic nitrogens is 1. The second-order valence-electron chi connectivity index (χ2n) is 5.03. The van der Waals surface area contributed by atoms with E-state index in [4.69, 9.17) is 5.26 Å². The van der Waals surface area contributed by atoms with Crippen molar-refractivity contribution in [1.29, 1.82) is 5.26 Å². The third-order valence-electron chi connectivity index (χ3n) is 3.21. The molecule has 6 nitrogen and oxygen atoms in total. The number of rotatable bonds is 3. The van der Waals surface area contributed by atoms with Crippen molar-refractivity contribution in [2.75, 3.05) is 10.6 Å². The molecule has 0 fully saturated rings. The molecule has 2 aromatic carbocycles. The summed E-state index contributed by atoms with van der Waals surface area (Å²) >= 11 is 1.34. The Bertz CT molecular complexity index is 970. The zero-order chi connectivity index (χ0) is 17.1. The SMILES string of the molecule is CC(=O)Nc1nc2ccc(NC(=O)c3ccc(C#N)cc3)cc2s1. The number of hydrogen-bond acceptors (Lipinski definition) is 5. The largest absolute Gasteiger partial charge is 0.322 e. The highest BCUT2D eigenvalue weighted by Gasteiger charge is 2.09. The van der Waals surface area contributed by atoms with Crippen LogP contribution in [0.2, 0.25) is 0 Å². The van der Waals surface area contributed by atoms with Crippen LogP contribution >= 0.6 is 11.3 Å². The fraction of sp³-hybridized carbons (Fsp3) is 0.0588. The van der Waals surface area contributed by atoms with Crippen molar-refractivity contribution in [3.05, 3.63) is 53.6 Å². The molecule has 0 radical (unpaired) electrons. The number of carbonyl (C=O) groups excluding carboxylic acids is 2. The Morgan fingerprint density at radius 2 is 1.88 bits per heavy atom. The molecular formula is C17H12N4O2S. The van der Waals surface area contributed by atoms with Gasteiger partial charge in [-0.05, 0) is 42.5 Å². The number of nitrogens with zero attached hydrogens (tertiary/aromatic N) is 2. The summed E-state index contributed by atoms with van der Waals surface area (Å²) in [5.41, 5.74) is 2.36. The van der Waals surface area contributed by atoms with Crippen LogP contribution in [0, 0.1) is 11.3 Å². The van der Waals surface area contributed by atoms with Gasteiger partial charge in [-0.2, -0.15) is 5.26 Å². The van der Waals surface area contributed by atoms with E-state index in [1.54, 1.807) is 42.5 Å². The van der Waals surface area contributed by atoms with E-state index in [0.29, 0.717) is 21.9 Å². The molecule has 0 saturated carbocycles. The lowest BCUT2D eigenvalue weighted by molar-refractivity contribution is -0.114. The van der Waals surface area contributed by atoms with E-state index in [9.17, 15) is 9.59 Å². The molecule has 1 aromatic heterocycles. The molecule has 0 unspecified atom stereocenters. The minimum absolute atomic E-state index is 0.177. The Kier molecular flexibility index (Phi) is 4.22. The lowest BCUT2D eigenvalue weighted by Gasteiger charge is -2.05. The van der Waals surface area contributed by atoms with Gasteiger partial charge in [0.2, 0.25) is 5.91 Å². The first-order valence-electron chi connectivity index (χ1n) is 7.05. The van der Waals surface area contributed by atoms with Crippen molar-refractivity contribution < 1.29 is 9.59 Å². The van der Waals surface area contributed by atoms with Crippen LogP contribution in [-0.4, -0.2) is 16.8 Å². The van der Waals surface area contributed by atoms with Crippen LogP contribution in [0.25, 0.3) is 10.2 Å². The van der Waals surface area contributed by atoms with Gasteiger partial charge in [0, 0.05) is 18.2 Å². The molecule has 2 N–H and O–H groups in total. The summed E-state index contributed by atoms with van der Waals surface area (Å²) in [5.74, 6) is -0.436. The number of fused-ring (bicyclic) bond motifs is 1. The fourth-order valence-electron chi connectivity index (χ4n) is 2.11. The quantitative estimate of drug-likeness (QED) is 0.766. The van der Waals surface area contributed by atoms with Crippen LogP contribution in [0.15, 0.2) is 42.5 Å². The molecule has 0 bridgehead atoms. The number of anilines is 2. The molecule has 0 aliphatic carbocycles. The van der Waals surface area contributed by atoms with Crippen molar-refractivity contribution >= 4 is 44.2 Å². The predicted molar refractivity (Wildman–Crippen MR) is 93.0 cm³/mol. The molecule has 0 saturated heterocycles.